The van der Waals surface area contributed by atoms with Gasteiger partial charge in [-0.3, -0.25) is 0 Å². The molecule has 0 saturated carbocycles. The van der Waals surface area contributed by atoms with Crippen LogP contribution in [0.4, 0.5) is 0 Å². The Kier molecular flexibility index (Phi) is 5.83. The molecule has 1 unspecified atom stereocenters. The molecule has 1 atom stereocenters. The molecule has 2 N–H and O–H groups in total. The number of nitrogens with zero attached hydrogens (tertiary/aromatic N) is 1. The van der Waals surface area contributed by atoms with Crippen LogP contribution in [-0.4, -0.2) is 34.3 Å². The lowest BCUT2D eigenvalue weighted by atomic mass is 10.2. The molecule has 0 aromatic carbocycles. The number of aliphatic hydroxyl groups excluding tert-OH is 1. The van der Waals surface area contributed by atoms with Gasteiger partial charge < -0.3 is 15.0 Å². The fourth-order valence-corrected chi connectivity index (χ4v) is 2.22. The minimum Gasteiger partial charge on any atom is -0.396 e. The van der Waals surface area contributed by atoms with Gasteiger partial charge in [-0.1, -0.05) is 0 Å². The van der Waals surface area contributed by atoms with Crippen LogP contribution in [0.2, 0.25) is 0 Å². The summed E-state index contributed by atoms with van der Waals surface area (Å²) >= 11 is 1.81. The third-order valence-corrected chi connectivity index (χ3v) is 3.07. The van der Waals surface area contributed by atoms with E-state index < -0.39 is 0 Å². The van der Waals surface area contributed by atoms with Crippen LogP contribution in [-0.2, 0) is 13.6 Å². The highest BCUT2D eigenvalue weighted by molar-refractivity contribution is 7.98. The van der Waals surface area contributed by atoms with E-state index >= 15 is 0 Å². The average molecular weight is 228 g/mol. The van der Waals surface area contributed by atoms with E-state index in [1.807, 2.05) is 29.6 Å². The van der Waals surface area contributed by atoms with Crippen LogP contribution in [0.25, 0.3) is 0 Å². The van der Waals surface area contributed by atoms with E-state index in [9.17, 15) is 0 Å². The summed E-state index contributed by atoms with van der Waals surface area (Å²) in [6.07, 6.45) is 7.08. The van der Waals surface area contributed by atoms with Crippen LogP contribution >= 0.6 is 11.8 Å². The fraction of sp³-hybridized carbons (Fsp3) is 0.636. The normalized spacial score (nSPS) is 13.0. The predicted octanol–water partition coefficient (Wildman–Crippen LogP) is 1.23. The molecule has 0 amide bonds. The van der Waals surface area contributed by atoms with Gasteiger partial charge in [0.1, 0.15) is 0 Å². The molecular formula is C11H20N2OS. The Labute approximate surface area is 95.9 Å². The van der Waals surface area contributed by atoms with E-state index in [1.165, 1.54) is 5.56 Å². The van der Waals surface area contributed by atoms with E-state index in [-0.39, 0.29) is 6.61 Å². The number of aliphatic hydroxyl groups is 1. The molecule has 0 radical (unpaired) electrons. The van der Waals surface area contributed by atoms with Crippen molar-refractivity contribution in [2.75, 3.05) is 18.6 Å². The molecule has 4 heteroatoms. The molecule has 0 aliphatic heterocycles. The first kappa shape index (κ1) is 12.6. The van der Waals surface area contributed by atoms with Crippen molar-refractivity contribution in [1.29, 1.82) is 0 Å². The summed E-state index contributed by atoms with van der Waals surface area (Å²) in [5.74, 6) is 1.05. The highest BCUT2D eigenvalue weighted by Crippen LogP contribution is 2.04. The first-order valence-corrected chi connectivity index (χ1v) is 6.59. The SMILES string of the molecule is CSCC(CCO)NCc1ccn(C)c1. The van der Waals surface area contributed by atoms with Crippen molar-refractivity contribution < 1.29 is 5.11 Å². The first-order chi connectivity index (χ1) is 7.26. The van der Waals surface area contributed by atoms with Crippen LogP contribution in [0, 0.1) is 0 Å². The molecule has 0 aliphatic carbocycles. The summed E-state index contributed by atoms with van der Waals surface area (Å²) < 4.78 is 2.05. The van der Waals surface area contributed by atoms with E-state index in [0.717, 1.165) is 18.7 Å². The molecule has 15 heavy (non-hydrogen) atoms. The maximum atomic E-state index is 8.91. The summed E-state index contributed by atoms with van der Waals surface area (Å²) in [6, 6.07) is 2.52. The molecule has 86 valence electrons. The lowest BCUT2D eigenvalue weighted by Crippen LogP contribution is -2.31. The van der Waals surface area contributed by atoms with Crippen molar-refractivity contribution in [2.24, 2.45) is 7.05 Å². The number of aromatic nitrogens is 1. The van der Waals surface area contributed by atoms with Crippen LogP contribution < -0.4 is 5.32 Å². The lowest BCUT2D eigenvalue weighted by Gasteiger charge is -2.15. The van der Waals surface area contributed by atoms with Gasteiger partial charge in [0.2, 0.25) is 0 Å². The Morgan fingerprint density at radius 2 is 2.40 bits per heavy atom. The van der Waals surface area contributed by atoms with Gasteiger partial charge >= 0.3 is 0 Å². The second-order valence-electron chi connectivity index (χ2n) is 3.73. The van der Waals surface area contributed by atoms with Crippen molar-refractivity contribution in [1.82, 2.24) is 9.88 Å². The summed E-state index contributed by atoms with van der Waals surface area (Å²) in [5.41, 5.74) is 1.29. The number of nitrogens with one attached hydrogen (secondary N) is 1. The van der Waals surface area contributed by atoms with Crippen LogP contribution in [0.5, 0.6) is 0 Å². The fourth-order valence-electron chi connectivity index (χ4n) is 1.53. The predicted molar refractivity (Wildman–Crippen MR) is 66.1 cm³/mol. The van der Waals surface area contributed by atoms with Crippen molar-refractivity contribution in [3.8, 4) is 0 Å². The molecule has 1 rings (SSSR count). The van der Waals surface area contributed by atoms with E-state index in [0.29, 0.717) is 6.04 Å². The van der Waals surface area contributed by atoms with Gasteiger partial charge in [0.05, 0.1) is 0 Å². The van der Waals surface area contributed by atoms with Crippen LogP contribution in [0.1, 0.15) is 12.0 Å². The maximum Gasteiger partial charge on any atom is 0.0446 e. The molecule has 0 spiro atoms. The quantitative estimate of drug-likeness (QED) is 0.737. The summed E-state index contributed by atoms with van der Waals surface area (Å²) in [6.45, 7) is 1.14. The Hall–Kier alpha value is -0.450. The molecule has 0 saturated heterocycles. The number of hydrogen-bond donors (Lipinski definition) is 2. The van der Waals surface area contributed by atoms with Gasteiger partial charge in [0, 0.05) is 44.4 Å². The highest BCUT2D eigenvalue weighted by atomic mass is 32.2. The number of hydrogen-bond acceptors (Lipinski definition) is 3. The summed E-state index contributed by atoms with van der Waals surface area (Å²) in [4.78, 5) is 0. The van der Waals surface area contributed by atoms with Gasteiger partial charge in [0.15, 0.2) is 0 Å². The second kappa shape index (κ2) is 6.93. The first-order valence-electron chi connectivity index (χ1n) is 5.20. The summed E-state index contributed by atoms with van der Waals surface area (Å²) in [5, 5.41) is 12.4. The van der Waals surface area contributed by atoms with Crippen LogP contribution in [0.15, 0.2) is 18.5 Å². The van der Waals surface area contributed by atoms with Gasteiger partial charge in [-0.25, -0.2) is 0 Å². The Balaban J connectivity index is 2.32. The standard InChI is InChI=1S/C11H20N2OS/c1-13-5-3-10(8-13)7-12-11(4-6-14)9-15-2/h3,5,8,11-12,14H,4,6-7,9H2,1-2H3. The molecule has 1 heterocycles. The molecule has 1 aromatic rings. The monoisotopic (exact) mass is 228 g/mol. The van der Waals surface area contributed by atoms with Crippen molar-refractivity contribution in [2.45, 2.75) is 19.0 Å². The molecular weight excluding hydrogens is 208 g/mol. The molecule has 0 aliphatic rings. The minimum atomic E-state index is 0.257. The second-order valence-corrected chi connectivity index (χ2v) is 4.64. The zero-order valence-electron chi connectivity index (χ0n) is 9.44. The lowest BCUT2D eigenvalue weighted by molar-refractivity contribution is 0.270. The number of rotatable bonds is 7. The number of aryl methyl sites for hydroxylation is 1. The Morgan fingerprint density at radius 3 is 2.93 bits per heavy atom. The Morgan fingerprint density at radius 1 is 1.60 bits per heavy atom. The third kappa shape index (κ3) is 4.73. The molecule has 1 aromatic heterocycles. The van der Waals surface area contributed by atoms with E-state index in [4.69, 9.17) is 5.11 Å². The molecule has 0 fully saturated rings. The zero-order chi connectivity index (χ0) is 11.1. The van der Waals surface area contributed by atoms with Crippen LogP contribution in [0.3, 0.4) is 0 Å². The van der Waals surface area contributed by atoms with Gasteiger partial charge in [-0.2, -0.15) is 11.8 Å². The van der Waals surface area contributed by atoms with E-state index in [1.54, 1.807) is 0 Å². The third-order valence-electron chi connectivity index (χ3n) is 2.33. The largest absolute Gasteiger partial charge is 0.396 e. The van der Waals surface area contributed by atoms with Gasteiger partial charge in [0.25, 0.3) is 0 Å². The molecule has 3 nitrogen and oxygen atoms in total. The van der Waals surface area contributed by atoms with E-state index in [2.05, 4.69) is 23.8 Å². The maximum absolute atomic E-state index is 8.91. The molecule has 0 bridgehead atoms. The smallest absolute Gasteiger partial charge is 0.0446 e. The highest BCUT2D eigenvalue weighted by Gasteiger charge is 2.06. The van der Waals surface area contributed by atoms with Crippen molar-refractivity contribution in [3.63, 3.8) is 0 Å². The Bertz CT molecular complexity index is 269. The topological polar surface area (TPSA) is 37.2 Å². The minimum absolute atomic E-state index is 0.257. The van der Waals surface area contributed by atoms with Crippen molar-refractivity contribution in [3.05, 3.63) is 24.0 Å². The zero-order valence-corrected chi connectivity index (χ0v) is 10.3. The average Bonchev–Trinajstić information content (AvgIpc) is 2.61. The summed E-state index contributed by atoms with van der Waals surface area (Å²) in [7, 11) is 2.02. The van der Waals surface area contributed by atoms with Gasteiger partial charge in [-0.05, 0) is 24.3 Å². The number of thioether (sulfide) groups is 1. The van der Waals surface area contributed by atoms with Crippen molar-refractivity contribution >= 4 is 11.8 Å². The van der Waals surface area contributed by atoms with Gasteiger partial charge in [-0.15, -0.1) is 0 Å².